The molecule has 0 unspecified atom stereocenters. The lowest BCUT2D eigenvalue weighted by Gasteiger charge is -2.15. The summed E-state index contributed by atoms with van der Waals surface area (Å²) in [7, 11) is 1.69. The van der Waals surface area contributed by atoms with Crippen molar-refractivity contribution < 1.29 is 4.79 Å². The predicted octanol–water partition coefficient (Wildman–Crippen LogP) is 4.64. The number of nitrogens with zero attached hydrogens (tertiary/aromatic N) is 6. The zero-order chi connectivity index (χ0) is 21.1. The highest BCUT2D eigenvalue weighted by atomic mass is 79.9. The molecule has 30 heavy (non-hydrogen) atoms. The molecule has 0 aliphatic carbocycles. The summed E-state index contributed by atoms with van der Waals surface area (Å²) < 4.78 is 5.32. The maximum absolute atomic E-state index is 12.5. The number of nitrogens with one attached hydrogen (secondary N) is 1. The van der Waals surface area contributed by atoms with Gasteiger partial charge >= 0.3 is 6.03 Å². The van der Waals surface area contributed by atoms with Gasteiger partial charge in [-0.3, -0.25) is 5.32 Å². The number of carbonyl (C=O) groups excluding carboxylic acids is 1. The monoisotopic (exact) mass is 529 g/mol. The Balaban J connectivity index is 1.38. The van der Waals surface area contributed by atoms with Crippen molar-refractivity contribution in [1.29, 1.82) is 0 Å². The molecule has 0 aliphatic heterocycles. The highest BCUT2D eigenvalue weighted by Crippen LogP contribution is 2.16. The summed E-state index contributed by atoms with van der Waals surface area (Å²) in [4.78, 5) is 14.0. The number of hydrogen-bond acceptors (Lipinski definition) is 4. The highest BCUT2D eigenvalue weighted by molar-refractivity contribution is 9.10. The summed E-state index contributed by atoms with van der Waals surface area (Å²) in [5.41, 5.74) is 2.46. The van der Waals surface area contributed by atoms with E-state index in [1.54, 1.807) is 34.9 Å². The molecule has 0 radical (unpaired) electrons. The second-order valence-corrected chi connectivity index (χ2v) is 8.37. The van der Waals surface area contributed by atoms with Crippen LogP contribution in [0.25, 0.3) is 11.4 Å². The Hall–Kier alpha value is -2.98. The number of halogens is 2. The van der Waals surface area contributed by atoms with Gasteiger partial charge in [0.2, 0.25) is 0 Å². The minimum atomic E-state index is -0.284. The van der Waals surface area contributed by atoms with Crippen LogP contribution >= 0.6 is 31.9 Å². The summed E-state index contributed by atoms with van der Waals surface area (Å²) in [5, 5.41) is 15.5. The summed E-state index contributed by atoms with van der Waals surface area (Å²) in [6, 6.07) is 16.9. The molecule has 4 aromatic rings. The standard InChI is InChI=1S/C20H17Br2N7O/c1-27(12-16-13-29(26-24-16)18-4-2-3-15(22)11-18)20(30)23-19-9-10-28(25-19)17-7-5-14(21)6-8-17/h2-11,13H,12H2,1H3,(H,23,25,30). The first-order valence-electron chi connectivity index (χ1n) is 8.99. The Morgan fingerprint density at radius 2 is 1.83 bits per heavy atom. The number of anilines is 1. The lowest BCUT2D eigenvalue weighted by molar-refractivity contribution is 0.220. The molecule has 0 spiro atoms. The molecule has 2 amide bonds. The van der Waals surface area contributed by atoms with E-state index < -0.39 is 0 Å². The molecule has 2 heterocycles. The van der Waals surface area contributed by atoms with Crippen molar-refractivity contribution in [2.75, 3.05) is 12.4 Å². The molecule has 0 aliphatic rings. The van der Waals surface area contributed by atoms with Crippen LogP contribution in [0.5, 0.6) is 0 Å². The van der Waals surface area contributed by atoms with Gasteiger partial charge in [-0.05, 0) is 42.5 Å². The average Bonchev–Trinajstić information content (AvgIpc) is 3.38. The van der Waals surface area contributed by atoms with E-state index in [0.717, 1.165) is 20.3 Å². The number of carbonyl (C=O) groups is 1. The van der Waals surface area contributed by atoms with Crippen LogP contribution < -0.4 is 5.32 Å². The van der Waals surface area contributed by atoms with Crippen molar-refractivity contribution in [2.24, 2.45) is 0 Å². The summed E-state index contributed by atoms with van der Waals surface area (Å²) in [5.74, 6) is 0.465. The number of amides is 2. The first-order chi connectivity index (χ1) is 14.5. The van der Waals surface area contributed by atoms with Crippen molar-refractivity contribution >= 4 is 43.7 Å². The van der Waals surface area contributed by atoms with Gasteiger partial charge in [-0.2, -0.15) is 0 Å². The number of benzene rings is 2. The van der Waals surface area contributed by atoms with E-state index in [9.17, 15) is 4.79 Å². The predicted molar refractivity (Wildman–Crippen MR) is 121 cm³/mol. The molecule has 1 N–H and O–H groups in total. The fraction of sp³-hybridized carbons (Fsp3) is 0.100. The third-order valence-corrected chi connectivity index (χ3v) is 5.30. The van der Waals surface area contributed by atoms with Crippen LogP contribution in [0.3, 0.4) is 0 Å². The van der Waals surface area contributed by atoms with Crippen LogP contribution in [0.15, 0.2) is 75.9 Å². The normalized spacial score (nSPS) is 10.8. The zero-order valence-corrected chi connectivity index (χ0v) is 19.1. The van der Waals surface area contributed by atoms with Gasteiger partial charge in [0.05, 0.1) is 24.1 Å². The lowest BCUT2D eigenvalue weighted by Crippen LogP contribution is -2.31. The Morgan fingerprint density at radius 1 is 1.03 bits per heavy atom. The maximum atomic E-state index is 12.5. The molecular formula is C20H17Br2N7O. The Labute approximate surface area is 189 Å². The molecule has 4 rings (SSSR count). The van der Waals surface area contributed by atoms with E-state index in [0.29, 0.717) is 18.1 Å². The molecule has 152 valence electrons. The van der Waals surface area contributed by atoms with Crippen molar-refractivity contribution in [2.45, 2.75) is 6.54 Å². The van der Waals surface area contributed by atoms with E-state index in [2.05, 4.69) is 52.6 Å². The van der Waals surface area contributed by atoms with Gasteiger partial charge in [-0.25, -0.2) is 14.2 Å². The van der Waals surface area contributed by atoms with Crippen molar-refractivity contribution in [3.05, 3.63) is 81.6 Å². The lowest BCUT2D eigenvalue weighted by atomic mass is 10.3. The molecular weight excluding hydrogens is 514 g/mol. The quantitative estimate of drug-likeness (QED) is 0.407. The molecule has 0 bridgehead atoms. The molecule has 8 nitrogen and oxygen atoms in total. The molecule has 0 fully saturated rings. The Kier molecular flexibility index (Phi) is 5.96. The van der Waals surface area contributed by atoms with Gasteiger partial charge in [0.25, 0.3) is 0 Å². The minimum absolute atomic E-state index is 0.284. The van der Waals surface area contributed by atoms with E-state index in [1.165, 1.54) is 4.90 Å². The van der Waals surface area contributed by atoms with Gasteiger partial charge in [-0.15, -0.1) is 10.2 Å². The van der Waals surface area contributed by atoms with Crippen LogP contribution in [0.1, 0.15) is 5.69 Å². The van der Waals surface area contributed by atoms with Crippen LogP contribution in [0.4, 0.5) is 10.6 Å². The van der Waals surface area contributed by atoms with Crippen LogP contribution in [-0.4, -0.2) is 42.8 Å². The van der Waals surface area contributed by atoms with Crippen molar-refractivity contribution in [1.82, 2.24) is 29.7 Å². The molecule has 0 saturated heterocycles. The van der Waals surface area contributed by atoms with Crippen LogP contribution in [0, 0.1) is 0 Å². The van der Waals surface area contributed by atoms with Crippen molar-refractivity contribution in [3.8, 4) is 11.4 Å². The third-order valence-electron chi connectivity index (χ3n) is 4.27. The first kappa shape index (κ1) is 20.3. The summed E-state index contributed by atoms with van der Waals surface area (Å²) in [6.07, 6.45) is 3.59. The molecule has 10 heteroatoms. The van der Waals surface area contributed by atoms with E-state index in [4.69, 9.17) is 0 Å². The van der Waals surface area contributed by atoms with Gasteiger partial charge in [0, 0.05) is 28.3 Å². The second-order valence-electron chi connectivity index (χ2n) is 6.54. The number of hydrogen-bond donors (Lipinski definition) is 1. The number of rotatable bonds is 5. The van der Waals surface area contributed by atoms with Gasteiger partial charge in [-0.1, -0.05) is 43.1 Å². The van der Waals surface area contributed by atoms with Crippen LogP contribution in [-0.2, 0) is 6.54 Å². The second kappa shape index (κ2) is 8.80. The van der Waals surface area contributed by atoms with Gasteiger partial charge in [0.15, 0.2) is 5.82 Å². The highest BCUT2D eigenvalue weighted by Gasteiger charge is 2.13. The largest absolute Gasteiger partial charge is 0.323 e. The number of aromatic nitrogens is 5. The SMILES string of the molecule is CN(Cc1cn(-c2cccc(Br)c2)nn1)C(=O)Nc1ccn(-c2ccc(Br)cc2)n1. The van der Waals surface area contributed by atoms with E-state index >= 15 is 0 Å². The van der Waals surface area contributed by atoms with Gasteiger partial charge in [0.1, 0.15) is 5.69 Å². The van der Waals surface area contributed by atoms with E-state index in [1.807, 2.05) is 48.5 Å². The molecule has 2 aromatic heterocycles. The smallest absolute Gasteiger partial charge is 0.322 e. The van der Waals surface area contributed by atoms with Crippen LogP contribution in [0.2, 0.25) is 0 Å². The molecule has 0 saturated carbocycles. The maximum Gasteiger partial charge on any atom is 0.323 e. The summed E-state index contributed by atoms with van der Waals surface area (Å²) in [6.45, 7) is 0.313. The van der Waals surface area contributed by atoms with Gasteiger partial charge < -0.3 is 4.90 Å². The number of urea groups is 1. The third kappa shape index (κ3) is 4.77. The Morgan fingerprint density at radius 3 is 2.60 bits per heavy atom. The molecule has 2 aromatic carbocycles. The average molecular weight is 531 g/mol. The summed E-state index contributed by atoms with van der Waals surface area (Å²) >= 11 is 6.86. The minimum Gasteiger partial charge on any atom is -0.322 e. The fourth-order valence-electron chi connectivity index (χ4n) is 2.76. The topological polar surface area (TPSA) is 80.9 Å². The van der Waals surface area contributed by atoms with Crippen molar-refractivity contribution in [3.63, 3.8) is 0 Å². The van der Waals surface area contributed by atoms with E-state index in [-0.39, 0.29) is 6.03 Å². The fourth-order valence-corrected chi connectivity index (χ4v) is 3.42. The zero-order valence-electron chi connectivity index (χ0n) is 15.9. The Bertz CT molecular complexity index is 1170. The molecule has 0 atom stereocenters. The first-order valence-corrected chi connectivity index (χ1v) is 10.6.